The van der Waals surface area contributed by atoms with E-state index in [1.54, 1.807) is 0 Å². The van der Waals surface area contributed by atoms with Crippen LogP contribution in [0.15, 0.2) is 180 Å². The summed E-state index contributed by atoms with van der Waals surface area (Å²) < 4.78 is 9.37. The van der Waals surface area contributed by atoms with Crippen molar-refractivity contribution in [2.45, 2.75) is 0 Å². The smallest absolute Gasteiger partial charge is 0.160 e. The second-order valence-electron chi connectivity index (χ2n) is 12.5. The number of para-hydroxylation sites is 1. The Morgan fingerprint density at radius 1 is 0.429 bits per heavy atom. The van der Waals surface area contributed by atoms with Gasteiger partial charge in [-0.05, 0) is 75.5 Å². The molecule has 0 spiro atoms. The Labute approximate surface area is 287 Å². The van der Waals surface area contributed by atoms with Crippen LogP contribution < -0.4 is 4.90 Å². The summed E-state index contributed by atoms with van der Waals surface area (Å²) in [5.74, 6) is 0. The minimum absolute atomic E-state index is 0.872. The molecule has 0 saturated carbocycles. The normalized spacial score (nSPS) is 11.7. The molecule has 0 atom stereocenters. The van der Waals surface area contributed by atoms with Crippen molar-refractivity contribution in [1.29, 1.82) is 0 Å². The van der Waals surface area contributed by atoms with Crippen molar-refractivity contribution < 1.29 is 4.42 Å². The first-order valence-corrected chi connectivity index (χ1v) is 17.4. The lowest BCUT2D eigenvalue weighted by atomic mass is 9.97. The molecule has 49 heavy (non-hydrogen) atoms. The Hall–Kier alpha value is -6.16. The van der Waals surface area contributed by atoms with E-state index in [1.807, 2.05) is 17.4 Å². The van der Waals surface area contributed by atoms with Gasteiger partial charge in [0.15, 0.2) is 5.58 Å². The molecule has 8 aromatic carbocycles. The van der Waals surface area contributed by atoms with Crippen molar-refractivity contribution in [3.63, 3.8) is 0 Å². The lowest BCUT2D eigenvalue weighted by Crippen LogP contribution is -2.10. The standard InChI is InChI=1S/C46H29NOS/c1-2-11-31(12-3-1)37-27-28-41(46-45(37)40-17-6-8-19-42(40)48-46)47(34-25-26-39-38-16-7-9-20-43(38)49-44(39)29-34)33-23-21-32(22-24-33)36-18-10-14-30-13-4-5-15-35(30)36/h1-29H. The maximum Gasteiger partial charge on any atom is 0.160 e. The van der Waals surface area contributed by atoms with Crippen LogP contribution in [-0.4, -0.2) is 0 Å². The highest BCUT2D eigenvalue weighted by atomic mass is 32.1. The molecule has 3 heteroatoms. The largest absolute Gasteiger partial charge is 0.454 e. The van der Waals surface area contributed by atoms with E-state index in [9.17, 15) is 0 Å². The Balaban J connectivity index is 1.21. The molecule has 10 aromatic rings. The molecule has 0 unspecified atom stereocenters. The average molecular weight is 644 g/mol. The number of hydrogen-bond donors (Lipinski definition) is 0. The van der Waals surface area contributed by atoms with Gasteiger partial charge < -0.3 is 9.32 Å². The zero-order valence-electron chi connectivity index (χ0n) is 26.5. The van der Waals surface area contributed by atoms with Crippen molar-refractivity contribution >= 4 is 81.3 Å². The number of hydrogen-bond acceptors (Lipinski definition) is 3. The van der Waals surface area contributed by atoms with Crippen LogP contribution in [0, 0.1) is 0 Å². The molecule has 0 amide bonds. The van der Waals surface area contributed by atoms with E-state index in [-0.39, 0.29) is 0 Å². The fraction of sp³-hybridized carbons (Fsp3) is 0. The summed E-state index contributed by atoms with van der Waals surface area (Å²) in [5, 5.41) is 7.32. The van der Waals surface area contributed by atoms with Crippen LogP contribution in [0.2, 0.25) is 0 Å². The molecule has 0 radical (unpaired) electrons. The highest BCUT2D eigenvalue weighted by molar-refractivity contribution is 7.25. The summed E-state index contributed by atoms with van der Waals surface area (Å²) >= 11 is 1.84. The summed E-state index contributed by atoms with van der Waals surface area (Å²) in [4.78, 5) is 2.36. The van der Waals surface area contributed by atoms with Crippen LogP contribution in [-0.2, 0) is 0 Å². The number of fused-ring (bicyclic) bond motifs is 7. The molecule has 0 N–H and O–H groups in total. The molecule has 0 aliphatic rings. The number of furan rings is 1. The first-order valence-electron chi connectivity index (χ1n) is 16.6. The van der Waals surface area contributed by atoms with E-state index in [4.69, 9.17) is 4.42 Å². The van der Waals surface area contributed by atoms with Gasteiger partial charge in [-0.3, -0.25) is 0 Å². The number of rotatable bonds is 5. The summed E-state index contributed by atoms with van der Waals surface area (Å²) in [6.07, 6.45) is 0. The minimum Gasteiger partial charge on any atom is -0.454 e. The summed E-state index contributed by atoms with van der Waals surface area (Å²) in [7, 11) is 0. The molecule has 2 aromatic heterocycles. The SMILES string of the molecule is c1ccc(-c2ccc(N(c3ccc(-c4cccc5ccccc45)cc3)c3ccc4c(c3)sc3ccccc34)c3oc4ccccc4c23)cc1. The highest BCUT2D eigenvalue weighted by Gasteiger charge is 2.23. The molecule has 2 nitrogen and oxygen atoms in total. The van der Waals surface area contributed by atoms with Gasteiger partial charge in [-0.25, -0.2) is 0 Å². The molecule has 0 bridgehead atoms. The maximum atomic E-state index is 6.81. The number of benzene rings is 8. The highest BCUT2D eigenvalue weighted by Crippen LogP contribution is 2.47. The Morgan fingerprint density at radius 3 is 1.98 bits per heavy atom. The molecule has 10 rings (SSSR count). The zero-order chi connectivity index (χ0) is 32.3. The van der Waals surface area contributed by atoms with E-state index >= 15 is 0 Å². The van der Waals surface area contributed by atoms with Crippen LogP contribution in [0.4, 0.5) is 17.1 Å². The third-order valence-corrected chi connectivity index (χ3v) is 10.8. The van der Waals surface area contributed by atoms with Gasteiger partial charge >= 0.3 is 0 Å². The van der Waals surface area contributed by atoms with E-state index in [2.05, 4.69) is 175 Å². The van der Waals surface area contributed by atoms with E-state index in [1.165, 1.54) is 47.6 Å². The Kier molecular flexibility index (Phi) is 6.39. The first-order chi connectivity index (χ1) is 24.3. The zero-order valence-corrected chi connectivity index (χ0v) is 27.3. The van der Waals surface area contributed by atoms with Gasteiger partial charge in [0.2, 0.25) is 0 Å². The monoisotopic (exact) mass is 643 g/mol. The minimum atomic E-state index is 0.872. The summed E-state index contributed by atoms with van der Waals surface area (Å²) in [5.41, 5.74) is 9.67. The Bertz CT molecular complexity index is 2820. The van der Waals surface area contributed by atoms with E-state index < -0.39 is 0 Å². The molecule has 2 heterocycles. The van der Waals surface area contributed by atoms with E-state index in [0.717, 1.165) is 44.6 Å². The van der Waals surface area contributed by atoms with Gasteiger partial charge in [-0.2, -0.15) is 0 Å². The van der Waals surface area contributed by atoms with Crippen LogP contribution in [0.25, 0.3) is 75.1 Å². The maximum absolute atomic E-state index is 6.81. The first kappa shape index (κ1) is 27.9. The number of nitrogens with zero attached hydrogens (tertiary/aromatic N) is 1. The number of thiophene rings is 1. The molecule has 0 saturated heterocycles. The van der Waals surface area contributed by atoms with Gasteiger partial charge in [-0.15, -0.1) is 11.3 Å². The average Bonchev–Trinajstić information content (AvgIpc) is 3.74. The lowest BCUT2D eigenvalue weighted by Gasteiger charge is -2.26. The molecule has 230 valence electrons. The molecular weight excluding hydrogens is 615 g/mol. The predicted molar refractivity (Wildman–Crippen MR) is 210 cm³/mol. The van der Waals surface area contributed by atoms with Crippen LogP contribution in [0.3, 0.4) is 0 Å². The van der Waals surface area contributed by atoms with Crippen molar-refractivity contribution in [3.05, 3.63) is 176 Å². The van der Waals surface area contributed by atoms with Crippen LogP contribution in [0.5, 0.6) is 0 Å². The fourth-order valence-corrected chi connectivity index (χ4v) is 8.54. The quantitative estimate of drug-likeness (QED) is 0.186. The van der Waals surface area contributed by atoms with E-state index in [0.29, 0.717) is 0 Å². The molecular formula is C46H29NOS. The van der Waals surface area contributed by atoms with Gasteiger partial charge in [-0.1, -0.05) is 133 Å². The predicted octanol–water partition coefficient (Wildman–Crippen LogP) is 13.9. The van der Waals surface area contributed by atoms with Crippen molar-refractivity contribution in [3.8, 4) is 22.3 Å². The number of anilines is 3. The van der Waals surface area contributed by atoms with Crippen molar-refractivity contribution in [1.82, 2.24) is 0 Å². The molecule has 0 aliphatic carbocycles. The summed E-state index contributed by atoms with van der Waals surface area (Å²) in [6, 6.07) is 63.1. The third kappa shape index (κ3) is 4.55. The third-order valence-electron chi connectivity index (χ3n) is 9.68. The van der Waals surface area contributed by atoms with Crippen LogP contribution in [0.1, 0.15) is 0 Å². The Morgan fingerprint density at radius 2 is 1.10 bits per heavy atom. The fourth-order valence-electron chi connectivity index (χ4n) is 7.40. The van der Waals surface area contributed by atoms with Crippen molar-refractivity contribution in [2.75, 3.05) is 4.90 Å². The topological polar surface area (TPSA) is 16.4 Å². The summed E-state index contributed by atoms with van der Waals surface area (Å²) in [6.45, 7) is 0. The van der Waals surface area contributed by atoms with Gasteiger partial charge in [0, 0.05) is 42.3 Å². The van der Waals surface area contributed by atoms with Crippen LogP contribution >= 0.6 is 11.3 Å². The van der Waals surface area contributed by atoms with Crippen molar-refractivity contribution in [2.24, 2.45) is 0 Å². The van der Waals surface area contributed by atoms with Gasteiger partial charge in [0.1, 0.15) is 5.58 Å². The molecule has 0 fully saturated rings. The lowest BCUT2D eigenvalue weighted by molar-refractivity contribution is 0.669. The second-order valence-corrected chi connectivity index (χ2v) is 13.6. The van der Waals surface area contributed by atoms with Gasteiger partial charge in [0.25, 0.3) is 0 Å². The molecule has 0 aliphatic heterocycles. The van der Waals surface area contributed by atoms with Gasteiger partial charge in [0.05, 0.1) is 5.69 Å². The second kappa shape index (κ2) is 11.2.